The van der Waals surface area contributed by atoms with Gasteiger partial charge in [-0.15, -0.1) is 22.9 Å². The normalized spacial score (nSPS) is 12.7. The van der Waals surface area contributed by atoms with Crippen molar-refractivity contribution in [1.82, 2.24) is 0 Å². The number of thiophene rings is 1. The lowest BCUT2D eigenvalue weighted by molar-refractivity contribution is 0.937. The van der Waals surface area contributed by atoms with Gasteiger partial charge in [0.2, 0.25) is 0 Å². The molecule has 1 aromatic heterocycles. The SMILES string of the molecule is Cc1cccc(CC(Cl)c2cc(C)c(C)s2)c1. The first-order chi connectivity index (χ1) is 8.06. The molecule has 0 nitrogen and oxygen atoms in total. The van der Waals surface area contributed by atoms with E-state index in [1.165, 1.54) is 26.4 Å². The lowest BCUT2D eigenvalue weighted by atomic mass is 10.1. The molecule has 0 spiro atoms. The molecule has 1 atom stereocenters. The fraction of sp³-hybridized carbons (Fsp3) is 0.333. The van der Waals surface area contributed by atoms with Crippen LogP contribution >= 0.6 is 22.9 Å². The molecule has 0 saturated heterocycles. The molecule has 0 bridgehead atoms. The Kier molecular flexibility index (Phi) is 3.90. The molecule has 2 aromatic rings. The third-order valence-corrected chi connectivity index (χ3v) is 4.78. The van der Waals surface area contributed by atoms with Crippen molar-refractivity contribution in [2.45, 2.75) is 32.6 Å². The molecular weight excluding hydrogens is 248 g/mol. The van der Waals surface area contributed by atoms with Crippen molar-refractivity contribution in [3.05, 3.63) is 56.8 Å². The van der Waals surface area contributed by atoms with Crippen molar-refractivity contribution in [2.24, 2.45) is 0 Å². The van der Waals surface area contributed by atoms with Gasteiger partial charge < -0.3 is 0 Å². The highest BCUT2D eigenvalue weighted by Crippen LogP contribution is 2.32. The van der Waals surface area contributed by atoms with Crippen molar-refractivity contribution in [2.75, 3.05) is 0 Å². The molecular formula is C15H17ClS. The summed E-state index contributed by atoms with van der Waals surface area (Å²) in [7, 11) is 0. The second kappa shape index (κ2) is 5.24. The second-order valence-corrected chi connectivity index (χ2v) is 6.36. The van der Waals surface area contributed by atoms with E-state index in [0.717, 1.165) is 6.42 Å². The van der Waals surface area contributed by atoms with Crippen LogP contribution in [0.2, 0.25) is 0 Å². The van der Waals surface area contributed by atoms with E-state index in [9.17, 15) is 0 Å². The Bertz CT molecular complexity index is 494. The Morgan fingerprint density at radius 2 is 1.94 bits per heavy atom. The lowest BCUT2D eigenvalue weighted by Crippen LogP contribution is -1.93. The number of hydrogen-bond acceptors (Lipinski definition) is 1. The van der Waals surface area contributed by atoms with Crippen LogP contribution in [0.25, 0.3) is 0 Å². The second-order valence-electron chi connectivity index (χ2n) is 4.55. The van der Waals surface area contributed by atoms with Crippen molar-refractivity contribution < 1.29 is 0 Å². The van der Waals surface area contributed by atoms with E-state index in [-0.39, 0.29) is 5.38 Å². The zero-order valence-electron chi connectivity index (χ0n) is 10.5. The van der Waals surface area contributed by atoms with Gasteiger partial charge in [-0.2, -0.15) is 0 Å². The highest BCUT2D eigenvalue weighted by Gasteiger charge is 2.12. The molecule has 0 fully saturated rings. The minimum atomic E-state index is 0.0919. The Hall–Kier alpha value is -0.790. The van der Waals surface area contributed by atoms with Gasteiger partial charge in [-0.1, -0.05) is 29.8 Å². The van der Waals surface area contributed by atoms with E-state index in [1.807, 2.05) is 11.3 Å². The summed E-state index contributed by atoms with van der Waals surface area (Å²) in [5.41, 5.74) is 3.96. The van der Waals surface area contributed by atoms with Crippen molar-refractivity contribution >= 4 is 22.9 Å². The van der Waals surface area contributed by atoms with Crippen LogP contribution in [0.1, 0.15) is 31.8 Å². The summed E-state index contributed by atoms with van der Waals surface area (Å²) >= 11 is 8.30. The molecule has 0 amide bonds. The third kappa shape index (κ3) is 3.11. The number of benzene rings is 1. The molecule has 1 unspecified atom stereocenters. The maximum atomic E-state index is 6.49. The Labute approximate surface area is 112 Å². The number of rotatable bonds is 3. The quantitative estimate of drug-likeness (QED) is 0.669. The molecule has 0 saturated carbocycles. The average Bonchev–Trinajstić information content (AvgIpc) is 2.59. The van der Waals surface area contributed by atoms with Gasteiger partial charge in [0.15, 0.2) is 0 Å². The van der Waals surface area contributed by atoms with Crippen LogP contribution in [-0.2, 0) is 6.42 Å². The smallest absolute Gasteiger partial charge is 0.0719 e. The van der Waals surface area contributed by atoms with Crippen LogP contribution in [0.3, 0.4) is 0 Å². The molecule has 2 rings (SSSR count). The van der Waals surface area contributed by atoms with Gasteiger partial charge >= 0.3 is 0 Å². The highest BCUT2D eigenvalue weighted by atomic mass is 35.5. The maximum absolute atomic E-state index is 6.49. The van der Waals surface area contributed by atoms with Gasteiger partial charge in [0, 0.05) is 9.75 Å². The first-order valence-corrected chi connectivity index (χ1v) is 7.08. The molecule has 17 heavy (non-hydrogen) atoms. The van der Waals surface area contributed by atoms with Gasteiger partial charge in [-0.25, -0.2) is 0 Å². The van der Waals surface area contributed by atoms with E-state index in [2.05, 4.69) is 51.1 Å². The average molecular weight is 265 g/mol. The predicted molar refractivity (Wildman–Crippen MR) is 77.3 cm³/mol. The Balaban J connectivity index is 2.14. The van der Waals surface area contributed by atoms with Crippen molar-refractivity contribution in [3.63, 3.8) is 0 Å². The summed E-state index contributed by atoms with van der Waals surface area (Å²) in [6, 6.07) is 10.8. The summed E-state index contributed by atoms with van der Waals surface area (Å²) < 4.78 is 0. The van der Waals surface area contributed by atoms with E-state index in [0.29, 0.717) is 0 Å². The first-order valence-electron chi connectivity index (χ1n) is 5.83. The van der Waals surface area contributed by atoms with Crippen molar-refractivity contribution in [3.8, 4) is 0 Å². The molecule has 0 radical (unpaired) electrons. The summed E-state index contributed by atoms with van der Waals surface area (Å²) in [6.07, 6.45) is 0.905. The van der Waals surface area contributed by atoms with Gasteiger partial charge in [-0.3, -0.25) is 0 Å². The fourth-order valence-electron chi connectivity index (χ4n) is 1.90. The molecule has 0 aliphatic rings. The highest BCUT2D eigenvalue weighted by molar-refractivity contribution is 7.12. The molecule has 0 N–H and O–H groups in total. The van der Waals surface area contributed by atoms with E-state index >= 15 is 0 Å². The summed E-state index contributed by atoms with van der Waals surface area (Å²) in [5, 5.41) is 0.0919. The minimum Gasteiger partial charge on any atom is -0.144 e. The summed E-state index contributed by atoms with van der Waals surface area (Å²) in [5.74, 6) is 0. The van der Waals surface area contributed by atoms with Crippen LogP contribution in [0, 0.1) is 20.8 Å². The van der Waals surface area contributed by atoms with Crippen LogP contribution in [0.5, 0.6) is 0 Å². The zero-order valence-corrected chi connectivity index (χ0v) is 12.0. The molecule has 1 aromatic carbocycles. The van der Waals surface area contributed by atoms with E-state index in [4.69, 9.17) is 11.6 Å². The lowest BCUT2D eigenvalue weighted by Gasteiger charge is -2.07. The first kappa shape index (κ1) is 12.7. The number of hydrogen-bond donors (Lipinski definition) is 0. The minimum absolute atomic E-state index is 0.0919. The van der Waals surface area contributed by atoms with Crippen LogP contribution in [0.4, 0.5) is 0 Å². The summed E-state index contributed by atoms with van der Waals surface area (Å²) in [6.45, 7) is 6.41. The largest absolute Gasteiger partial charge is 0.144 e. The van der Waals surface area contributed by atoms with Gasteiger partial charge in [0.25, 0.3) is 0 Å². The monoisotopic (exact) mass is 264 g/mol. The molecule has 1 heterocycles. The van der Waals surface area contributed by atoms with Crippen LogP contribution in [0.15, 0.2) is 30.3 Å². The molecule has 2 heteroatoms. The van der Waals surface area contributed by atoms with Crippen molar-refractivity contribution in [1.29, 1.82) is 0 Å². The van der Waals surface area contributed by atoms with Gasteiger partial charge in [0.1, 0.15) is 0 Å². The van der Waals surface area contributed by atoms with E-state index in [1.54, 1.807) is 0 Å². The van der Waals surface area contributed by atoms with E-state index < -0.39 is 0 Å². The predicted octanol–water partition coefficient (Wildman–Crippen LogP) is 5.20. The fourth-order valence-corrected chi connectivity index (χ4v) is 3.30. The van der Waals surface area contributed by atoms with Crippen LogP contribution < -0.4 is 0 Å². The molecule has 0 aliphatic carbocycles. The van der Waals surface area contributed by atoms with Gasteiger partial charge in [-0.05, 0) is 44.4 Å². The van der Waals surface area contributed by atoms with Gasteiger partial charge in [0.05, 0.1) is 5.38 Å². The summed E-state index contributed by atoms with van der Waals surface area (Å²) in [4.78, 5) is 2.65. The number of aryl methyl sites for hydroxylation is 3. The number of alkyl halides is 1. The third-order valence-electron chi connectivity index (χ3n) is 2.99. The number of halogens is 1. The molecule has 90 valence electrons. The standard InChI is InChI=1S/C15H17ClS/c1-10-5-4-6-13(7-10)9-14(16)15-8-11(2)12(3)17-15/h4-8,14H,9H2,1-3H3. The Morgan fingerprint density at radius 3 is 2.53 bits per heavy atom. The zero-order chi connectivity index (χ0) is 12.4. The molecule has 0 aliphatic heterocycles. The Morgan fingerprint density at radius 1 is 1.18 bits per heavy atom. The van der Waals surface area contributed by atoms with Crippen LogP contribution in [-0.4, -0.2) is 0 Å². The topological polar surface area (TPSA) is 0 Å². The maximum Gasteiger partial charge on any atom is 0.0719 e.